The Kier molecular flexibility index (Phi) is 2.48. The Hall–Kier alpha value is -1.68. The number of imidazole rings is 1. The Bertz CT molecular complexity index is 623. The van der Waals surface area contributed by atoms with Crippen molar-refractivity contribution in [3.05, 3.63) is 29.6 Å². The number of aryl methyl sites for hydroxylation is 2. The van der Waals surface area contributed by atoms with E-state index < -0.39 is 0 Å². The van der Waals surface area contributed by atoms with Crippen molar-refractivity contribution in [2.24, 2.45) is 18.7 Å². The second-order valence-corrected chi connectivity index (χ2v) is 5.21. The van der Waals surface area contributed by atoms with Gasteiger partial charge in [0.05, 0.1) is 11.0 Å². The van der Waals surface area contributed by atoms with Gasteiger partial charge >= 0.3 is 0 Å². The molecule has 2 aromatic rings. The minimum atomic E-state index is 0.113. The van der Waals surface area contributed by atoms with Gasteiger partial charge in [-0.1, -0.05) is 0 Å². The topological polar surface area (TPSA) is 60.9 Å². The number of hydrogen-bond donors (Lipinski definition) is 1. The number of fused-ring (bicyclic) bond motifs is 1. The molecule has 2 N–H and O–H groups in total. The second-order valence-electron chi connectivity index (χ2n) is 5.21. The van der Waals surface area contributed by atoms with E-state index in [-0.39, 0.29) is 17.7 Å². The molecule has 3 rings (SSSR count). The van der Waals surface area contributed by atoms with Gasteiger partial charge in [0.25, 0.3) is 0 Å². The van der Waals surface area contributed by atoms with Crippen molar-refractivity contribution in [1.82, 2.24) is 9.55 Å². The van der Waals surface area contributed by atoms with Crippen LogP contribution in [-0.4, -0.2) is 21.4 Å². The van der Waals surface area contributed by atoms with Crippen LogP contribution in [0.3, 0.4) is 0 Å². The summed E-state index contributed by atoms with van der Waals surface area (Å²) in [7, 11) is 1.98. The molecule has 1 heterocycles. The summed E-state index contributed by atoms with van der Waals surface area (Å²) in [5, 5.41) is 0. The molecule has 1 aliphatic carbocycles. The minimum Gasteiger partial charge on any atom is -0.331 e. The van der Waals surface area contributed by atoms with E-state index in [0.717, 1.165) is 35.3 Å². The first kappa shape index (κ1) is 11.4. The van der Waals surface area contributed by atoms with Gasteiger partial charge in [0, 0.05) is 24.6 Å². The highest BCUT2D eigenvalue weighted by Gasteiger charge is 2.32. The Morgan fingerprint density at radius 1 is 1.44 bits per heavy atom. The third-order valence-corrected chi connectivity index (χ3v) is 3.93. The summed E-state index contributed by atoms with van der Waals surface area (Å²) < 4.78 is 2.03. The van der Waals surface area contributed by atoms with Crippen molar-refractivity contribution in [3.8, 4) is 0 Å². The second kappa shape index (κ2) is 3.92. The molecular formula is C14H17N3O. The summed E-state index contributed by atoms with van der Waals surface area (Å²) in [4.78, 5) is 16.7. The standard InChI is InChI=1S/C14H17N3O/c1-8-16-12-7-9(3-4-13(12)17(8)2)14(18)10-5-11(15)6-10/h3-4,7,10-11H,5-6,15H2,1-2H3. The van der Waals surface area contributed by atoms with Crippen LogP contribution >= 0.6 is 0 Å². The largest absolute Gasteiger partial charge is 0.331 e. The molecule has 0 bridgehead atoms. The average Bonchev–Trinajstić information content (AvgIpc) is 2.60. The van der Waals surface area contributed by atoms with E-state index in [4.69, 9.17) is 5.73 Å². The van der Waals surface area contributed by atoms with Gasteiger partial charge in [-0.05, 0) is 38.0 Å². The van der Waals surface area contributed by atoms with Gasteiger partial charge in [-0.15, -0.1) is 0 Å². The molecule has 0 aliphatic heterocycles. The van der Waals surface area contributed by atoms with E-state index in [0.29, 0.717) is 0 Å². The van der Waals surface area contributed by atoms with Gasteiger partial charge in [-0.25, -0.2) is 4.98 Å². The number of hydrogen-bond acceptors (Lipinski definition) is 3. The van der Waals surface area contributed by atoms with Gasteiger partial charge in [-0.3, -0.25) is 4.79 Å². The molecule has 1 fully saturated rings. The molecule has 1 aromatic heterocycles. The lowest BCUT2D eigenvalue weighted by atomic mass is 9.76. The third-order valence-electron chi connectivity index (χ3n) is 3.93. The van der Waals surface area contributed by atoms with Crippen molar-refractivity contribution < 1.29 is 4.79 Å². The summed E-state index contributed by atoms with van der Waals surface area (Å²) in [6.45, 7) is 1.96. The molecule has 0 amide bonds. The van der Waals surface area contributed by atoms with Crippen molar-refractivity contribution in [1.29, 1.82) is 0 Å². The van der Waals surface area contributed by atoms with Gasteiger partial charge in [0.15, 0.2) is 5.78 Å². The summed E-state index contributed by atoms with van der Waals surface area (Å²) in [6, 6.07) is 5.98. The monoisotopic (exact) mass is 243 g/mol. The number of carbonyl (C=O) groups excluding carboxylic acids is 1. The number of carbonyl (C=O) groups is 1. The maximum absolute atomic E-state index is 12.2. The Balaban J connectivity index is 1.96. The lowest BCUT2D eigenvalue weighted by Gasteiger charge is -2.31. The minimum absolute atomic E-state index is 0.113. The van der Waals surface area contributed by atoms with Gasteiger partial charge in [-0.2, -0.15) is 0 Å². The molecule has 0 unspecified atom stereocenters. The molecule has 0 spiro atoms. The van der Waals surface area contributed by atoms with Gasteiger partial charge < -0.3 is 10.3 Å². The lowest BCUT2D eigenvalue weighted by Crippen LogP contribution is -2.40. The van der Waals surface area contributed by atoms with Crippen LogP contribution in [0.5, 0.6) is 0 Å². The highest BCUT2D eigenvalue weighted by molar-refractivity contribution is 6.01. The molecule has 4 nitrogen and oxygen atoms in total. The Morgan fingerprint density at radius 2 is 2.17 bits per heavy atom. The van der Waals surface area contributed by atoms with Crippen LogP contribution < -0.4 is 5.73 Å². The van der Waals surface area contributed by atoms with Gasteiger partial charge in [0.2, 0.25) is 0 Å². The molecule has 1 aromatic carbocycles. The highest BCUT2D eigenvalue weighted by atomic mass is 16.1. The molecule has 4 heteroatoms. The number of Topliss-reactive ketones (excluding diaryl/α,β-unsaturated/α-hetero) is 1. The van der Waals surface area contributed by atoms with Gasteiger partial charge in [0.1, 0.15) is 5.82 Å². The summed E-state index contributed by atoms with van der Waals surface area (Å²) in [6.07, 6.45) is 1.64. The predicted molar refractivity (Wildman–Crippen MR) is 70.5 cm³/mol. The molecule has 1 aliphatic rings. The van der Waals surface area contributed by atoms with E-state index in [9.17, 15) is 4.79 Å². The van der Waals surface area contributed by atoms with Crippen LogP contribution in [-0.2, 0) is 7.05 Å². The first-order chi connectivity index (χ1) is 8.56. The van der Waals surface area contributed by atoms with Crippen LogP contribution in [0.25, 0.3) is 11.0 Å². The summed E-state index contributed by atoms with van der Waals surface area (Å²) >= 11 is 0. The maximum atomic E-state index is 12.2. The molecule has 0 saturated heterocycles. The van der Waals surface area contributed by atoms with Crippen LogP contribution in [0, 0.1) is 12.8 Å². The zero-order chi connectivity index (χ0) is 12.9. The van der Waals surface area contributed by atoms with Crippen molar-refractivity contribution >= 4 is 16.8 Å². The number of aromatic nitrogens is 2. The number of nitrogens with zero attached hydrogens (tertiary/aromatic N) is 2. The molecule has 1 saturated carbocycles. The number of rotatable bonds is 2. The molecule has 0 atom stereocenters. The maximum Gasteiger partial charge on any atom is 0.166 e. The van der Waals surface area contributed by atoms with Crippen molar-refractivity contribution in [2.45, 2.75) is 25.8 Å². The van der Waals surface area contributed by atoms with E-state index in [1.54, 1.807) is 0 Å². The first-order valence-corrected chi connectivity index (χ1v) is 6.29. The third kappa shape index (κ3) is 1.64. The SMILES string of the molecule is Cc1nc2cc(C(=O)C3CC(N)C3)ccc2n1C. The van der Waals surface area contributed by atoms with E-state index in [1.165, 1.54) is 0 Å². The quantitative estimate of drug-likeness (QED) is 0.818. The van der Waals surface area contributed by atoms with Crippen LogP contribution in [0.4, 0.5) is 0 Å². The number of ketones is 1. The number of benzene rings is 1. The predicted octanol–water partition coefficient (Wildman–Crippen LogP) is 1.80. The van der Waals surface area contributed by atoms with Crippen LogP contribution in [0.15, 0.2) is 18.2 Å². The fourth-order valence-electron chi connectivity index (χ4n) is 2.59. The van der Waals surface area contributed by atoms with E-state index >= 15 is 0 Å². The number of nitrogens with two attached hydrogens (primary N) is 1. The molecular weight excluding hydrogens is 226 g/mol. The normalized spacial score (nSPS) is 23.1. The smallest absolute Gasteiger partial charge is 0.166 e. The zero-order valence-corrected chi connectivity index (χ0v) is 10.7. The Morgan fingerprint density at radius 3 is 2.83 bits per heavy atom. The molecule has 0 radical (unpaired) electrons. The van der Waals surface area contributed by atoms with E-state index in [1.807, 2.05) is 36.7 Å². The molecule has 94 valence electrons. The summed E-state index contributed by atoms with van der Waals surface area (Å²) in [5.41, 5.74) is 8.45. The van der Waals surface area contributed by atoms with Crippen LogP contribution in [0.1, 0.15) is 29.0 Å². The molecule has 18 heavy (non-hydrogen) atoms. The van der Waals surface area contributed by atoms with E-state index in [2.05, 4.69) is 4.98 Å². The fourth-order valence-corrected chi connectivity index (χ4v) is 2.59. The highest BCUT2D eigenvalue weighted by Crippen LogP contribution is 2.30. The Labute approximate surface area is 106 Å². The van der Waals surface area contributed by atoms with Crippen molar-refractivity contribution in [3.63, 3.8) is 0 Å². The van der Waals surface area contributed by atoms with Crippen molar-refractivity contribution in [2.75, 3.05) is 0 Å². The zero-order valence-electron chi connectivity index (χ0n) is 10.7. The lowest BCUT2D eigenvalue weighted by molar-refractivity contribution is 0.0833. The average molecular weight is 243 g/mol. The fraction of sp³-hybridized carbons (Fsp3) is 0.429. The first-order valence-electron chi connectivity index (χ1n) is 6.29. The van der Waals surface area contributed by atoms with Crippen LogP contribution in [0.2, 0.25) is 0 Å². The summed E-state index contributed by atoms with van der Waals surface area (Å²) in [5.74, 6) is 1.28.